The van der Waals surface area contributed by atoms with Crippen LogP contribution in [0.3, 0.4) is 0 Å². The van der Waals surface area contributed by atoms with Gasteiger partial charge in [-0.3, -0.25) is 9.89 Å². The number of hydrogen-bond donors (Lipinski definition) is 3. The molecule has 35 heavy (non-hydrogen) atoms. The molecule has 1 amide bonds. The number of H-pyrrole nitrogens is 1. The molecule has 180 valence electrons. The molecule has 2 aromatic carbocycles. The molecular formula is C25H22ClF2N5O2. The fourth-order valence-corrected chi connectivity index (χ4v) is 4.30. The van der Waals surface area contributed by atoms with Gasteiger partial charge in [0.25, 0.3) is 5.91 Å². The van der Waals surface area contributed by atoms with Gasteiger partial charge in [-0.2, -0.15) is 5.10 Å². The van der Waals surface area contributed by atoms with Crippen LogP contribution in [0.2, 0.25) is 5.15 Å². The Morgan fingerprint density at radius 2 is 1.80 bits per heavy atom. The summed E-state index contributed by atoms with van der Waals surface area (Å²) in [6.45, 7) is 1.28. The Balaban J connectivity index is 1.38. The molecule has 10 heteroatoms. The van der Waals surface area contributed by atoms with Gasteiger partial charge in [0.1, 0.15) is 22.6 Å². The maximum atomic E-state index is 13.6. The molecule has 0 bridgehead atoms. The summed E-state index contributed by atoms with van der Waals surface area (Å²) in [5, 5.41) is 14.2. The third kappa shape index (κ3) is 5.41. The minimum Gasteiger partial charge on any atom is -0.381 e. The smallest absolute Gasteiger partial charge is 0.260 e. The lowest BCUT2D eigenvalue weighted by atomic mass is 10.0. The number of pyridine rings is 1. The van der Waals surface area contributed by atoms with E-state index in [2.05, 4.69) is 25.8 Å². The summed E-state index contributed by atoms with van der Waals surface area (Å²) in [6, 6.07) is 12.2. The number of carbonyl (C=O) groups excluding carboxylic acids is 1. The maximum Gasteiger partial charge on any atom is 0.260 e. The predicted octanol–water partition coefficient (Wildman–Crippen LogP) is 5.32. The van der Waals surface area contributed by atoms with Crippen LogP contribution in [0.5, 0.6) is 0 Å². The molecule has 1 aliphatic rings. The van der Waals surface area contributed by atoms with Gasteiger partial charge in [-0.1, -0.05) is 17.7 Å². The number of halogens is 3. The number of aromatic amines is 1. The number of rotatable bonds is 6. The van der Waals surface area contributed by atoms with Crippen LogP contribution in [-0.4, -0.2) is 40.3 Å². The van der Waals surface area contributed by atoms with Crippen molar-refractivity contribution in [3.8, 4) is 0 Å². The standard InChI is InChI=1S/C25H22ClF2N5O2/c26-22-4-2-19(23(30-22)29-18-5-7-35-8-6-18)25(34)31-24-20-12-14(1-3-21(20)32-33-24)9-15-10-16(27)13-17(28)11-15/h1-4,10-13,18H,5-9H2,(H,29,30)(H2,31,32,33,34). The van der Waals surface area contributed by atoms with Crippen LogP contribution >= 0.6 is 11.6 Å². The molecule has 0 unspecified atom stereocenters. The zero-order chi connectivity index (χ0) is 24.4. The van der Waals surface area contributed by atoms with Crippen molar-refractivity contribution in [1.29, 1.82) is 0 Å². The van der Waals surface area contributed by atoms with Crippen LogP contribution in [-0.2, 0) is 11.2 Å². The molecule has 1 saturated heterocycles. The number of aromatic nitrogens is 3. The highest BCUT2D eigenvalue weighted by molar-refractivity contribution is 6.29. The first kappa shape index (κ1) is 23.2. The summed E-state index contributed by atoms with van der Waals surface area (Å²) >= 11 is 6.09. The number of carbonyl (C=O) groups is 1. The van der Waals surface area contributed by atoms with Crippen molar-refractivity contribution in [3.05, 3.63) is 82.0 Å². The summed E-state index contributed by atoms with van der Waals surface area (Å²) in [6.07, 6.45) is 1.93. The second-order valence-electron chi connectivity index (χ2n) is 8.42. The number of nitrogens with zero attached hydrogens (tertiary/aromatic N) is 2. The second-order valence-corrected chi connectivity index (χ2v) is 8.81. The van der Waals surface area contributed by atoms with Crippen LogP contribution in [0.1, 0.15) is 34.3 Å². The number of amides is 1. The Labute approximate surface area is 204 Å². The minimum atomic E-state index is -0.626. The van der Waals surface area contributed by atoms with E-state index in [4.69, 9.17) is 16.3 Å². The van der Waals surface area contributed by atoms with E-state index in [1.54, 1.807) is 12.1 Å². The molecule has 0 aliphatic carbocycles. The van der Waals surface area contributed by atoms with E-state index in [1.165, 1.54) is 12.1 Å². The van der Waals surface area contributed by atoms with Crippen molar-refractivity contribution in [1.82, 2.24) is 15.2 Å². The fraction of sp³-hybridized carbons (Fsp3) is 0.240. The third-order valence-corrected chi connectivity index (χ3v) is 6.07. The van der Waals surface area contributed by atoms with Gasteiger partial charge in [-0.25, -0.2) is 13.8 Å². The van der Waals surface area contributed by atoms with Gasteiger partial charge >= 0.3 is 0 Å². The largest absolute Gasteiger partial charge is 0.381 e. The number of nitrogens with one attached hydrogen (secondary N) is 3. The van der Waals surface area contributed by atoms with Crippen molar-refractivity contribution in [2.45, 2.75) is 25.3 Å². The van der Waals surface area contributed by atoms with E-state index in [0.717, 1.165) is 24.5 Å². The van der Waals surface area contributed by atoms with Gasteiger partial charge in [0.05, 0.1) is 11.1 Å². The molecule has 0 atom stereocenters. The monoisotopic (exact) mass is 497 g/mol. The summed E-state index contributed by atoms with van der Waals surface area (Å²) in [5.41, 5.74) is 2.37. The van der Waals surface area contributed by atoms with Gasteiger partial charge in [0.2, 0.25) is 0 Å². The molecule has 3 heterocycles. The molecule has 1 fully saturated rings. The molecule has 1 aliphatic heterocycles. The molecule has 3 N–H and O–H groups in total. The Kier molecular flexibility index (Phi) is 6.61. The van der Waals surface area contributed by atoms with Crippen LogP contribution in [0.4, 0.5) is 20.4 Å². The van der Waals surface area contributed by atoms with Gasteiger partial charge in [0.15, 0.2) is 5.82 Å². The molecule has 0 radical (unpaired) electrons. The average molecular weight is 498 g/mol. The van der Waals surface area contributed by atoms with Crippen molar-refractivity contribution in [3.63, 3.8) is 0 Å². The fourth-order valence-electron chi connectivity index (χ4n) is 4.15. The number of fused-ring (bicyclic) bond motifs is 1. The predicted molar refractivity (Wildman–Crippen MR) is 130 cm³/mol. The highest BCUT2D eigenvalue weighted by Gasteiger charge is 2.20. The van der Waals surface area contributed by atoms with Crippen molar-refractivity contribution < 1.29 is 18.3 Å². The van der Waals surface area contributed by atoms with Crippen LogP contribution < -0.4 is 10.6 Å². The summed E-state index contributed by atoms with van der Waals surface area (Å²) in [5.74, 6) is -0.910. The highest BCUT2D eigenvalue weighted by Crippen LogP contribution is 2.26. The SMILES string of the molecule is O=C(Nc1n[nH]c2ccc(Cc3cc(F)cc(F)c3)cc12)c1ccc(Cl)nc1NC1CCOCC1. The molecule has 7 nitrogen and oxygen atoms in total. The van der Waals surface area contributed by atoms with Gasteiger partial charge in [0, 0.05) is 30.7 Å². The first-order chi connectivity index (χ1) is 16.9. The first-order valence-electron chi connectivity index (χ1n) is 11.2. The lowest BCUT2D eigenvalue weighted by Gasteiger charge is -2.24. The van der Waals surface area contributed by atoms with Crippen LogP contribution in [0.15, 0.2) is 48.5 Å². The number of anilines is 2. The molecule has 5 rings (SSSR count). The average Bonchev–Trinajstić information content (AvgIpc) is 3.21. The van der Waals surface area contributed by atoms with Gasteiger partial charge in [-0.15, -0.1) is 0 Å². The molecular weight excluding hydrogens is 476 g/mol. The van der Waals surface area contributed by atoms with Crippen LogP contribution in [0.25, 0.3) is 10.9 Å². The Morgan fingerprint density at radius 3 is 2.57 bits per heavy atom. The van der Waals surface area contributed by atoms with Crippen molar-refractivity contribution in [2.24, 2.45) is 0 Å². The van der Waals surface area contributed by atoms with E-state index < -0.39 is 17.5 Å². The molecule has 0 spiro atoms. The minimum absolute atomic E-state index is 0.127. The van der Waals surface area contributed by atoms with Gasteiger partial charge in [-0.05, 0) is 66.8 Å². The Hall–Kier alpha value is -3.56. The number of benzene rings is 2. The quantitative estimate of drug-likeness (QED) is 0.313. The van der Waals surface area contributed by atoms with E-state index in [1.807, 2.05) is 18.2 Å². The van der Waals surface area contributed by atoms with Crippen LogP contribution in [0, 0.1) is 11.6 Å². The van der Waals surface area contributed by atoms with Gasteiger partial charge < -0.3 is 15.4 Å². The van der Waals surface area contributed by atoms with E-state index in [0.29, 0.717) is 53.3 Å². The first-order valence-corrected chi connectivity index (χ1v) is 11.6. The zero-order valence-corrected chi connectivity index (χ0v) is 19.3. The van der Waals surface area contributed by atoms with Crippen molar-refractivity contribution >= 4 is 40.0 Å². The topological polar surface area (TPSA) is 91.9 Å². The van der Waals surface area contributed by atoms with E-state index in [9.17, 15) is 13.6 Å². The Morgan fingerprint density at radius 1 is 1.03 bits per heavy atom. The second kappa shape index (κ2) is 9.97. The number of hydrogen-bond acceptors (Lipinski definition) is 5. The summed E-state index contributed by atoms with van der Waals surface area (Å²) in [4.78, 5) is 17.5. The lowest BCUT2D eigenvalue weighted by Crippen LogP contribution is -2.29. The van der Waals surface area contributed by atoms with E-state index in [-0.39, 0.29) is 11.2 Å². The molecule has 0 saturated carbocycles. The summed E-state index contributed by atoms with van der Waals surface area (Å²) < 4.78 is 32.6. The lowest BCUT2D eigenvalue weighted by molar-refractivity contribution is 0.0903. The summed E-state index contributed by atoms with van der Waals surface area (Å²) in [7, 11) is 0. The Bertz CT molecular complexity index is 1370. The zero-order valence-electron chi connectivity index (χ0n) is 18.6. The number of ether oxygens (including phenoxy) is 1. The molecule has 2 aromatic heterocycles. The van der Waals surface area contributed by atoms with E-state index >= 15 is 0 Å². The normalized spacial score (nSPS) is 14.3. The molecule has 4 aromatic rings. The third-order valence-electron chi connectivity index (χ3n) is 5.86. The highest BCUT2D eigenvalue weighted by atomic mass is 35.5. The maximum absolute atomic E-state index is 13.6. The van der Waals surface area contributed by atoms with Crippen molar-refractivity contribution in [2.75, 3.05) is 23.8 Å².